The first-order valence-corrected chi connectivity index (χ1v) is 20.9. The van der Waals surface area contributed by atoms with Crippen LogP contribution in [0.25, 0.3) is 0 Å². The molecule has 0 aromatic rings. The Morgan fingerprint density at radius 3 is 2.22 bits per heavy atom. The number of rotatable bonds is 7. The summed E-state index contributed by atoms with van der Waals surface area (Å²) in [4.78, 5) is 57.8. The molecule has 14 atom stereocenters. The largest absolute Gasteiger partial charge is 0.456 e. The van der Waals surface area contributed by atoms with Crippen molar-refractivity contribution in [1.29, 1.82) is 0 Å². The second-order valence-corrected chi connectivity index (χ2v) is 17.3. The number of methoxy groups -OCH3 is 3. The molecule has 3 aliphatic heterocycles. The minimum Gasteiger partial charge on any atom is -0.456 e. The number of allylic oxidation sites excluding steroid dienone is 4. The second kappa shape index (κ2) is 22.1. The van der Waals surface area contributed by atoms with Gasteiger partial charge in [0.15, 0.2) is 0 Å². The van der Waals surface area contributed by atoms with Gasteiger partial charge in [-0.3, -0.25) is 14.4 Å². The lowest BCUT2D eigenvalue weighted by molar-refractivity contribution is -0.302. The van der Waals surface area contributed by atoms with Gasteiger partial charge in [-0.1, -0.05) is 44.6 Å². The van der Waals surface area contributed by atoms with Crippen LogP contribution >= 0.6 is 0 Å². The maximum absolute atomic E-state index is 14.3. The Hall–Kier alpha value is -2.82. The first kappa shape index (κ1) is 49.5. The number of nitrogens with zero attached hydrogens (tertiary/aromatic N) is 1. The maximum Gasteiger partial charge on any atom is 0.329 e. The van der Waals surface area contributed by atoms with Crippen LogP contribution in [0.3, 0.4) is 0 Å². The van der Waals surface area contributed by atoms with E-state index in [0.717, 1.165) is 5.57 Å². The van der Waals surface area contributed by atoms with Crippen molar-refractivity contribution in [2.24, 2.45) is 29.6 Å². The molecule has 330 valence electrons. The van der Waals surface area contributed by atoms with E-state index >= 15 is 0 Å². The molecule has 1 amide bonds. The van der Waals surface area contributed by atoms with E-state index in [1.54, 1.807) is 27.0 Å². The standard InChI is InChI=1S/C44H69NO12.H2O/c1-10-13-31-19-25(2)18-26(3)20-37(54-8)40-38(55-9)22-28(5)44(52,57-40)41(49)42(50)45-17-12-11-14-32(45)43(51)56-39(29(6)34(47)24-35(31)48)27(4)21-30-15-16-33(46)36(23-30)53-7;/h10,19,21,26,28-34,36-40,46-47,52H,1,11-18,20,22-24H2,2-9H3;1H2/b25-19+,27-21?;/t26-,28+,29+,30-,31+,32-,33+,34-,36+,37-,38-,39+,40+,44+;/m0./s1. The van der Waals surface area contributed by atoms with Crippen molar-refractivity contribution in [2.45, 2.75) is 160 Å². The Morgan fingerprint density at radius 2 is 1.59 bits per heavy atom. The summed E-state index contributed by atoms with van der Waals surface area (Å²) < 4.78 is 29.7. The van der Waals surface area contributed by atoms with Crippen molar-refractivity contribution in [3.05, 3.63) is 36.0 Å². The zero-order chi connectivity index (χ0) is 42.2. The third-order valence-electron chi connectivity index (χ3n) is 12.9. The zero-order valence-electron chi connectivity index (χ0n) is 35.9. The molecule has 14 nitrogen and oxygen atoms in total. The molecule has 14 heteroatoms. The first-order chi connectivity index (χ1) is 27.0. The summed E-state index contributed by atoms with van der Waals surface area (Å²) in [6.07, 6.45) is 4.93. The van der Waals surface area contributed by atoms with E-state index < -0.39 is 83.9 Å². The first-order valence-electron chi connectivity index (χ1n) is 20.9. The van der Waals surface area contributed by atoms with Crippen LogP contribution in [0.15, 0.2) is 36.0 Å². The minimum atomic E-state index is -2.51. The average molecular weight is 822 g/mol. The molecule has 4 aliphatic rings. The SMILES string of the molecule is C=CC[C@@H]1/C=C(\C)C[C@H](C)C[C@H](OC)[C@H]2O[C@@](O)(C(=O)C(=O)N3CCCC[C@H]3C(=O)O[C@H](C(C)=C[C@@H]3CC[C@@H](O)[C@H](OC)C3)[C@H](C)[C@@H](O)CC1=O)[C@H](C)C[C@@H]2OC.O. The van der Waals surface area contributed by atoms with Gasteiger partial charge in [0.2, 0.25) is 5.79 Å². The highest BCUT2D eigenvalue weighted by Crippen LogP contribution is 2.39. The molecule has 1 saturated carbocycles. The molecule has 0 radical (unpaired) electrons. The van der Waals surface area contributed by atoms with Gasteiger partial charge in [0, 0.05) is 52.0 Å². The fourth-order valence-electron chi connectivity index (χ4n) is 9.42. The number of fused-ring (bicyclic) bond motifs is 3. The van der Waals surface area contributed by atoms with Crippen LogP contribution in [0.5, 0.6) is 0 Å². The topological polar surface area (TPSA) is 210 Å². The summed E-state index contributed by atoms with van der Waals surface area (Å²) in [5.74, 6) is -7.76. The Bertz CT molecular complexity index is 1480. The van der Waals surface area contributed by atoms with Gasteiger partial charge in [-0.15, -0.1) is 6.58 Å². The maximum atomic E-state index is 14.3. The monoisotopic (exact) mass is 821 g/mol. The minimum absolute atomic E-state index is 0. The number of ketones is 2. The van der Waals surface area contributed by atoms with Crippen LogP contribution in [0, 0.1) is 29.6 Å². The summed E-state index contributed by atoms with van der Waals surface area (Å²) in [5.41, 5.74) is 1.61. The number of carbonyl (C=O) groups is 4. The highest BCUT2D eigenvalue weighted by Gasteiger charge is 2.56. The Balaban J connectivity index is 0.00000900. The van der Waals surface area contributed by atoms with Crippen LogP contribution in [-0.4, -0.2) is 132 Å². The predicted octanol–water partition coefficient (Wildman–Crippen LogP) is 3.81. The van der Waals surface area contributed by atoms with E-state index in [1.165, 1.54) is 19.1 Å². The summed E-state index contributed by atoms with van der Waals surface area (Å²) in [6.45, 7) is 13.1. The lowest BCUT2D eigenvalue weighted by Gasteiger charge is -2.47. The van der Waals surface area contributed by atoms with Crippen molar-refractivity contribution >= 4 is 23.4 Å². The van der Waals surface area contributed by atoms with E-state index in [-0.39, 0.29) is 55.0 Å². The third kappa shape index (κ3) is 11.7. The van der Waals surface area contributed by atoms with Gasteiger partial charge in [-0.25, -0.2) is 4.79 Å². The normalized spacial score (nSPS) is 40.3. The van der Waals surface area contributed by atoms with Crippen molar-refractivity contribution in [3.8, 4) is 0 Å². The molecule has 4 rings (SSSR count). The van der Waals surface area contributed by atoms with E-state index in [4.69, 9.17) is 23.7 Å². The van der Waals surface area contributed by atoms with E-state index in [0.29, 0.717) is 56.9 Å². The van der Waals surface area contributed by atoms with Gasteiger partial charge in [0.05, 0.1) is 30.5 Å². The molecule has 2 saturated heterocycles. The quantitative estimate of drug-likeness (QED) is 0.190. The summed E-state index contributed by atoms with van der Waals surface area (Å²) in [5, 5.41) is 34.1. The fourth-order valence-corrected chi connectivity index (χ4v) is 9.42. The van der Waals surface area contributed by atoms with Crippen LogP contribution in [0.4, 0.5) is 0 Å². The Kier molecular flexibility index (Phi) is 18.9. The van der Waals surface area contributed by atoms with Crippen molar-refractivity contribution in [1.82, 2.24) is 4.90 Å². The Labute approximate surface area is 344 Å². The van der Waals surface area contributed by atoms with Crippen LogP contribution in [-0.2, 0) is 42.9 Å². The van der Waals surface area contributed by atoms with Crippen LogP contribution in [0.1, 0.15) is 105 Å². The molecule has 58 heavy (non-hydrogen) atoms. The van der Waals surface area contributed by atoms with Crippen molar-refractivity contribution in [2.75, 3.05) is 27.9 Å². The van der Waals surface area contributed by atoms with Crippen molar-refractivity contribution in [3.63, 3.8) is 0 Å². The number of esters is 1. The zero-order valence-corrected chi connectivity index (χ0v) is 35.9. The highest BCUT2D eigenvalue weighted by atomic mass is 16.7. The number of hydrogen-bond donors (Lipinski definition) is 3. The number of cyclic esters (lactones) is 1. The molecule has 2 bridgehead atoms. The lowest BCUT2D eigenvalue weighted by Crippen LogP contribution is -2.64. The second-order valence-electron chi connectivity index (χ2n) is 17.3. The highest BCUT2D eigenvalue weighted by molar-refractivity contribution is 6.39. The fraction of sp³-hybridized carbons (Fsp3) is 0.773. The number of carbonyl (C=O) groups excluding carboxylic acids is 4. The van der Waals surface area contributed by atoms with E-state index in [1.807, 2.05) is 32.9 Å². The molecule has 0 unspecified atom stereocenters. The molecule has 1 aliphatic carbocycles. The van der Waals surface area contributed by atoms with Gasteiger partial charge in [0.25, 0.3) is 11.7 Å². The smallest absolute Gasteiger partial charge is 0.329 e. The number of Topliss-reactive ketones (excluding diaryl/α,β-unsaturated/α-hetero) is 2. The number of ether oxygens (including phenoxy) is 5. The van der Waals surface area contributed by atoms with Crippen LogP contribution < -0.4 is 0 Å². The molecular weight excluding hydrogens is 750 g/mol. The summed E-state index contributed by atoms with van der Waals surface area (Å²) >= 11 is 0. The number of aliphatic hydroxyl groups excluding tert-OH is 2. The van der Waals surface area contributed by atoms with Gasteiger partial charge in [-0.2, -0.15) is 0 Å². The van der Waals surface area contributed by atoms with Crippen molar-refractivity contribution < 1.29 is 63.7 Å². The predicted molar refractivity (Wildman–Crippen MR) is 216 cm³/mol. The Morgan fingerprint density at radius 1 is 0.931 bits per heavy atom. The van der Waals surface area contributed by atoms with E-state index in [2.05, 4.69) is 6.58 Å². The molecular formula is C44H71NO13. The number of hydrogen-bond acceptors (Lipinski definition) is 12. The van der Waals surface area contributed by atoms with Crippen LogP contribution in [0.2, 0.25) is 0 Å². The number of piperidine rings is 1. The van der Waals surface area contributed by atoms with Gasteiger partial charge in [-0.05, 0) is 95.5 Å². The van der Waals surface area contributed by atoms with Gasteiger partial charge in [0.1, 0.15) is 24.0 Å². The lowest BCUT2D eigenvalue weighted by atomic mass is 9.81. The number of aliphatic hydroxyl groups is 3. The molecule has 3 heterocycles. The molecule has 0 aromatic carbocycles. The molecule has 0 spiro atoms. The molecule has 3 fully saturated rings. The van der Waals surface area contributed by atoms with Gasteiger partial charge < -0.3 is 49.4 Å². The number of amides is 1. The van der Waals surface area contributed by atoms with Gasteiger partial charge >= 0.3 is 5.97 Å². The molecule has 0 aromatic heterocycles. The summed E-state index contributed by atoms with van der Waals surface area (Å²) in [7, 11) is 4.61. The summed E-state index contributed by atoms with van der Waals surface area (Å²) in [6, 6.07) is -1.14. The van der Waals surface area contributed by atoms with E-state index in [9.17, 15) is 34.5 Å². The third-order valence-corrected chi connectivity index (χ3v) is 12.9. The molecule has 5 N–H and O–H groups in total. The average Bonchev–Trinajstić information content (AvgIpc) is 3.18.